The van der Waals surface area contributed by atoms with E-state index in [4.69, 9.17) is 10.5 Å². The lowest BCUT2D eigenvalue weighted by atomic mass is 10.1. The van der Waals surface area contributed by atoms with Crippen molar-refractivity contribution in [1.82, 2.24) is 0 Å². The first-order chi connectivity index (χ1) is 9.51. The molecule has 0 fully saturated rings. The SMILES string of the molecule is COc1ccc(C(=O)Nc2cc(C)c(N)cc2C)cc1. The van der Waals surface area contributed by atoms with E-state index < -0.39 is 0 Å². The minimum absolute atomic E-state index is 0.153. The summed E-state index contributed by atoms with van der Waals surface area (Å²) in [5, 5.41) is 2.90. The Morgan fingerprint density at radius 1 is 1.10 bits per heavy atom. The molecule has 4 heteroatoms. The average Bonchev–Trinajstić information content (AvgIpc) is 2.44. The third-order valence-electron chi connectivity index (χ3n) is 3.21. The molecule has 2 rings (SSSR count). The van der Waals surface area contributed by atoms with Gasteiger partial charge in [0.05, 0.1) is 7.11 Å². The number of hydrogen-bond acceptors (Lipinski definition) is 3. The second-order valence-corrected chi connectivity index (χ2v) is 4.71. The molecule has 2 aromatic rings. The van der Waals surface area contributed by atoms with Crippen LogP contribution in [0.3, 0.4) is 0 Å². The fourth-order valence-corrected chi connectivity index (χ4v) is 1.91. The number of hydrogen-bond donors (Lipinski definition) is 2. The number of amides is 1. The highest BCUT2D eigenvalue weighted by molar-refractivity contribution is 6.04. The molecule has 0 unspecified atom stereocenters. The van der Waals surface area contributed by atoms with Gasteiger partial charge in [0.15, 0.2) is 0 Å². The van der Waals surface area contributed by atoms with Crippen LogP contribution in [0.15, 0.2) is 36.4 Å². The maximum atomic E-state index is 12.2. The minimum Gasteiger partial charge on any atom is -0.497 e. The summed E-state index contributed by atoms with van der Waals surface area (Å²) in [7, 11) is 1.59. The highest BCUT2D eigenvalue weighted by Gasteiger charge is 2.09. The molecule has 0 aliphatic heterocycles. The van der Waals surface area contributed by atoms with Crippen LogP contribution in [0.4, 0.5) is 11.4 Å². The lowest BCUT2D eigenvalue weighted by molar-refractivity contribution is 0.102. The largest absolute Gasteiger partial charge is 0.497 e. The van der Waals surface area contributed by atoms with Gasteiger partial charge in [-0.2, -0.15) is 0 Å². The normalized spacial score (nSPS) is 10.2. The minimum atomic E-state index is -0.153. The number of ether oxygens (including phenoxy) is 1. The number of benzene rings is 2. The summed E-state index contributed by atoms with van der Waals surface area (Å²) in [4.78, 5) is 12.2. The number of aryl methyl sites for hydroxylation is 2. The molecule has 20 heavy (non-hydrogen) atoms. The maximum absolute atomic E-state index is 12.2. The summed E-state index contributed by atoms with van der Waals surface area (Å²) < 4.78 is 5.07. The molecule has 0 atom stereocenters. The lowest BCUT2D eigenvalue weighted by Crippen LogP contribution is -2.13. The molecule has 0 saturated heterocycles. The van der Waals surface area contributed by atoms with Crippen molar-refractivity contribution < 1.29 is 9.53 Å². The summed E-state index contributed by atoms with van der Waals surface area (Å²) in [6, 6.07) is 10.7. The number of anilines is 2. The Bertz CT molecular complexity index is 634. The number of carbonyl (C=O) groups is 1. The number of rotatable bonds is 3. The standard InChI is InChI=1S/C16H18N2O2/c1-10-9-15(11(2)8-14(10)17)18-16(19)12-4-6-13(20-3)7-5-12/h4-9H,17H2,1-3H3,(H,18,19). The topological polar surface area (TPSA) is 64.3 Å². The van der Waals surface area contributed by atoms with Crippen LogP contribution in [0.25, 0.3) is 0 Å². The number of nitrogens with two attached hydrogens (primary N) is 1. The number of carbonyl (C=O) groups excluding carboxylic acids is 1. The Kier molecular flexibility index (Phi) is 3.94. The van der Waals surface area contributed by atoms with Gasteiger partial charge in [0.25, 0.3) is 5.91 Å². The van der Waals surface area contributed by atoms with E-state index in [2.05, 4.69) is 5.32 Å². The monoisotopic (exact) mass is 270 g/mol. The first kappa shape index (κ1) is 13.9. The van der Waals surface area contributed by atoms with Crippen molar-refractivity contribution in [3.8, 4) is 5.75 Å². The Morgan fingerprint density at radius 3 is 2.35 bits per heavy atom. The van der Waals surface area contributed by atoms with Crippen molar-refractivity contribution in [3.05, 3.63) is 53.1 Å². The van der Waals surface area contributed by atoms with Crippen molar-refractivity contribution in [2.24, 2.45) is 0 Å². The molecule has 0 aliphatic rings. The Labute approximate surface area is 118 Å². The fraction of sp³-hybridized carbons (Fsp3) is 0.188. The van der Waals surface area contributed by atoms with E-state index in [0.717, 1.165) is 28.3 Å². The van der Waals surface area contributed by atoms with Crippen LogP contribution in [0, 0.1) is 13.8 Å². The summed E-state index contributed by atoms with van der Waals surface area (Å²) in [6.07, 6.45) is 0. The highest BCUT2D eigenvalue weighted by Crippen LogP contribution is 2.23. The molecular formula is C16H18N2O2. The lowest BCUT2D eigenvalue weighted by Gasteiger charge is -2.11. The van der Waals surface area contributed by atoms with Crippen molar-refractivity contribution in [3.63, 3.8) is 0 Å². The average molecular weight is 270 g/mol. The fourth-order valence-electron chi connectivity index (χ4n) is 1.91. The van der Waals surface area contributed by atoms with E-state index in [9.17, 15) is 4.79 Å². The predicted molar refractivity (Wildman–Crippen MR) is 81.3 cm³/mol. The van der Waals surface area contributed by atoms with Crippen LogP contribution >= 0.6 is 0 Å². The van der Waals surface area contributed by atoms with Gasteiger partial charge in [-0.25, -0.2) is 0 Å². The molecule has 0 radical (unpaired) electrons. The van der Waals surface area contributed by atoms with E-state index >= 15 is 0 Å². The summed E-state index contributed by atoms with van der Waals surface area (Å²) in [5.74, 6) is 0.570. The molecular weight excluding hydrogens is 252 g/mol. The van der Waals surface area contributed by atoms with Crippen LogP contribution in [0.1, 0.15) is 21.5 Å². The third kappa shape index (κ3) is 2.91. The highest BCUT2D eigenvalue weighted by atomic mass is 16.5. The third-order valence-corrected chi connectivity index (χ3v) is 3.21. The van der Waals surface area contributed by atoms with E-state index in [1.165, 1.54) is 0 Å². The summed E-state index contributed by atoms with van der Waals surface area (Å²) >= 11 is 0. The number of nitrogen functional groups attached to an aromatic ring is 1. The van der Waals surface area contributed by atoms with Crippen LogP contribution < -0.4 is 15.8 Å². The molecule has 0 spiro atoms. The van der Waals surface area contributed by atoms with Crippen LogP contribution in [-0.4, -0.2) is 13.0 Å². The van der Waals surface area contributed by atoms with Gasteiger partial charge in [-0.3, -0.25) is 4.79 Å². The van der Waals surface area contributed by atoms with Gasteiger partial charge in [-0.05, 0) is 61.4 Å². The van der Waals surface area contributed by atoms with Gasteiger partial charge in [0, 0.05) is 16.9 Å². The zero-order chi connectivity index (χ0) is 14.7. The Hall–Kier alpha value is -2.49. The molecule has 4 nitrogen and oxygen atoms in total. The zero-order valence-corrected chi connectivity index (χ0v) is 11.9. The van der Waals surface area contributed by atoms with Gasteiger partial charge < -0.3 is 15.8 Å². The molecule has 0 aliphatic carbocycles. The maximum Gasteiger partial charge on any atom is 0.255 e. The quantitative estimate of drug-likeness (QED) is 0.842. The molecule has 3 N–H and O–H groups in total. The summed E-state index contributed by atoms with van der Waals surface area (Å²) in [5.41, 5.74) is 9.81. The molecule has 0 saturated carbocycles. The molecule has 0 aromatic heterocycles. The van der Waals surface area contributed by atoms with Crippen LogP contribution in [0.2, 0.25) is 0 Å². The molecule has 0 heterocycles. The molecule has 104 valence electrons. The molecule has 2 aromatic carbocycles. The molecule has 0 bridgehead atoms. The van der Waals surface area contributed by atoms with E-state index in [1.54, 1.807) is 31.4 Å². The second-order valence-electron chi connectivity index (χ2n) is 4.71. The van der Waals surface area contributed by atoms with Crippen molar-refractivity contribution in [2.45, 2.75) is 13.8 Å². The molecule has 1 amide bonds. The number of nitrogens with one attached hydrogen (secondary N) is 1. The van der Waals surface area contributed by atoms with E-state index in [0.29, 0.717) is 5.56 Å². The second kappa shape index (κ2) is 5.65. The van der Waals surface area contributed by atoms with E-state index in [-0.39, 0.29) is 5.91 Å². The van der Waals surface area contributed by atoms with Crippen LogP contribution in [0.5, 0.6) is 5.75 Å². The van der Waals surface area contributed by atoms with Crippen molar-refractivity contribution in [1.29, 1.82) is 0 Å². The number of methoxy groups -OCH3 is 1. The smallest absolute Gasteiger partial charge is 0.255 e. The van der Waals surface area contributed by atoms with Crippen molar-refractivity contribution >= 4 is 17.3 Å². The van der Waals surface area contributed by atoms with Gasteiger partial charge in [-0.1, -0.05) is 0 Å². The first-order valence-corrected chi connectivity index (χ1v) is 6.33. The van der Waals surface area contributed by atoms with Gasteiger partial charge in [-0.15, -0.1) is 0 Å². The van der Waals surface area contributed by atoms with Gasteiger partial charge in [0.1, 0.15) is 5.75 Å². The predicted octanol–water partition coefficient (Wildman–Crippen LogP) is 3.15. The van der Waals surface area contributed by atoms with Gasteiger partial charge >= 0.3 is 0 Å². The Balaban J connectivity index is 2.20. The van der Waals surface area contributed by atoms with E-state index in [1.807, 2.05) is 26.0 Å². The van der Waals surface area contributed by atoms with Gasteiger partial charge in [0.2, 0.25) is 0 Å². The first-order valence-electron chi connectivity index (χ1n) is 6.33. The zero-order valence-electron chi connectivity index (χ0n) is 11.9. The Morgan fingerprint density at radius 2 is 1.75 bits per heavy atom. The summed E-state index contributed by atoms with van der Waals surface area (Å²) in [6.45, 7) is 3.83. The van der Waals surface area contributed by atoms with Crippen LogP contribution in [-0.2, 0) is 0 Å². The van der Waals surface area contributed by atoms with Crippen molar-refractivity contribution in [2.75, 3.05) is 18.2 Å².